The van der Waals surface area contributed by atoms with Crippen molar-refractivity contribution >= 4 is 5.91 Å². The fourth-order valence-corrected chi connectivity index (χ4v) is 4.25. The lowest BCUT2D eigenvalue weighted by molar-refractivity contribution is -0.134. The first-order chi connectivity index (χ1) is 12.5. The minimum Gasteiger partial charge on any atom is -0.419 e. The molecule has 0 unspecified atom stereocenters. The number of benzene rings is 1. The second-order valence-corrected chi connectivity index (χ2v) is 7.55. The number of carbonyl (C=O) groups excluding carboxylic acids is 1. The molecule has 1 saturated carbocycles. The monoisotopic (exact) mass is 358 g/mol. The number of nitrogens with zero attached hydrogens (tertiary/aromatic N) is 4. The number of amides is 1. The lowest BCUT2D eigenvalue weighted by Gasteiger charge is -2.31. The van der Waals surface area contributed by atoms with E-state index in [-0.39, 0.29) is 11.7 Å². The Morgan fingerprint density at radius 2 is 2.12 bits per heavy atom. The molecule has 2 aromatic rings. The molecule has 1 saturated heterocycles. The van der Waals surface area contributed by atoms with Gasteiger partial charge in [0.15, 0.2) is 0 Å². The summed E-state index contributed by atoms with van der Waals surface area (Å²) in [5, 5.41) is 8.14. The first-order valence-electron chi connectivity index (χ1n) is 9.02. The van der Waals surface area contributed by atoms with E-state index in [4.69, 9.17) is 4.42 Å². The van der Waals surface area contributed by atoms with Crippen molar-refractivity contribution in [3.63, 3.8) is 0 Å². The number of fused-ring (bicyclic) bond motifs is 1. The van der Waals surface area contributed by atoms with Gasteiger partial charge in [-0.2, -0.15) is 0 Å². The number of piperidine rings is 1. The van der Waals surface area contributed by atoms with Crippen molar-refractivity contribution in [2.45, 2.75) is 31.8 Å². The van der Waals surface area contributed by atoms with Crippen LogP contribution < -0.4 is 0 Å². The molecule has 2 fully saturated rings. The zero-order chi connectivity index (χ0) is 18.3. The van der Waals surface area contributed by atoms with Gasteiger partial charge in [0.05, 0.1) is 6.54 Å². The minimum atomic E-state index is -0.326. The fraction of sp³-hybridized carbons (Fsp3) is 0.526. The van der Waals surface area contributed by atoms with Crippen molar-refractivity contribution in [1.29, 1.82) is 0 Å². The SMILES string of the molecule is CN1C[C@H]2C[C@@H](N(C)Cc3nnc(-c4cccc(F)c4)o3)C[C@H]2CC1=O. The Labute approximate surface area is 152 Å². The van der Waals surface area contributed by atoms with Gasteiger partial charge in [0.1, 0.15) is 5.82 Å². The topological polar surface area (TPSA) is 62.5 Å². The minimum absolute atomic E-state index is 0.256. The third-order valence-corrected chi connectivity index (χ3v) is 5.73. The number of likely N-dealkylation sites (tertiary alicyclic amines) is 1. The highest BCUT2D eigenvalue weighted by molar-refractivity contribution is 5.77. The molecule has 0 radical (unpaired) electrons. The number of hydrogen-bond donors (Lipinski definition) is 0. The first-order valence-corrected chi connectivity index (χ1v) is 9.02. The van der Waals surface area contributed by atoms with Crippen LogP contribution in [0.5, 0.6) is 0 Å². The highest BCUT2D eigenvalue weighted by atomic mass is 19.1. The lowest BCUT2D eigenvalue weighted by Crippen LogP contribution is -2.39. The lowest BCUT2D eigenvalue weighted by atomic mass is 9.88. The molecule has 1 aliphatic carbocycles. The second kappa shape index (κ2) is 6.79. The van der Waals surface area contributed by atoms with Crippen molar-refractivity contribution in [3.05, 3.63) is 36.0 Å². The molecule has 138 valence electrons. The van der Waals surface area contributed by atoms with Crippen molar-refractivity contribution in [2.75, 3.05) is 20.6 Å². The van der Waals surface area contributed by atoms with Gasteiger partial charge in [0.25, 0.3) is 0 Å². The van der Waals surface area contributed by atoms with Gasteiger partial charge in [-0.1, -0.05) is 6.07 Å². The summed E-state index contributed by atoms with van der Waals surface area (Å²) < 4.78 is 19.1. The van der Waals surface area contributed by atoms with Gasteiger partial charge >= 0.3 is 0 Å². The zero-order valence-corrected chi connectivity index (χ0v) is 15.1. The van der Waals surface area contributed by atoms with Crippen LogP contribution in [-0.2, 0) is 11.3 Å². The van der Waals surface area contributed by atoms with Gasteiger partial charge in [-0.25, -0.2) is 4.39 Å². The third kappa shape index (κ3) is 3.35. The van der Waals surface area contributed by atoms with Gasteiger partial charge in [-0.15, -0.1) is 10.2 Å². The molecule has 1 aromatic carbocycles. The molecule has 3 atom stereocenters. The zero-order valence-electron chi connectivity index (χ0n) is 15.1. The van der Waals surface area contributed by atoms with E-state index in [0.29, 0.717) is 48.2 Å². The maximum Gasteiger partial charge on any atom is 0.247 e. The number of halogens is 1. The van der Waals surface area contributed by atoms with E-state index in [2.05, 4.69) is 22.1 Å². The van der Waals surface area contributed by atoms with Gasteiger partial charge in [0, 0.05) is 31.6 Å². The molecule has 7 heteroatoms. The van der Waals surface area contributed by atoms with Crippen LogP contribution in [0.4, 0.5) is 4.39 Å². The predicted octanol–water partition coefficient (Wildman–Crippen LogP) is 2.56. The average molecular weight is 358 g/mol. The Kier molecular flexibility index (Phi) is 4.48. The molecule has 1 aliphatic heterocycles. The Balaban J connectivity index is 1.40. The summed E-state index contributed by atoms with van der Waals surface area (Å²) in [6.45, 7) is 1.41. The molecule has 0 bridgehead atoms. The Bertz CT molecular complexity index is 808. The fourth-order valence-electron chi connectivity index (χ4n) is 4.25. The molecule has 2 heterocycles. The molecule has 1 aromatic heterocycles. The van der Waals surface area contributed by atoms with Crippen LogP contribution in [0.25, 0.3) is 11.5 Å². The smallest absolute Gasteiger partial charge is 0.247 e. The van der Waals surface area contributed by atoms with Gasteiger partial charge in [-0.3, -0.25) is 9.69 Å². The van der Waals surface area contributed by atoms with E-state index < -0.39 is 0 Å². The number of carbonyl (C=O) groups is 1. The van der Waals surface area contributed by atoms with E-state index >= 15 is 0 Å². The highest BCUT2D eigenvalue weighted by Gasteiger charge is 2.41. The van der Waals surface area contributed by atoms with Gasteiger partial charge < -0.3 is 9.32 Å². The molecule has 0 N–H and O–H groups in total. The van der Waals surface area contributed by atoms with Crippen LogP contribution >= 0.6 is 0 Å². The van der Waals surface area contributed by atoms with Crippen LogP contribution in [0.3, 0.4) is 0 Å². The summed E-state index contributed by atoms with van der Waals surface area (Å²) in [6.07, 6.45) is 2.78. The van der Waals surface area contributed by atoms with E-state index in [1.54, 1.807) is 12.1 Å². The Hall–Kier alpha value is -2.28. The van der Waals surface area contributed by atoms with E-state index in [1.807, 2.05) is 11.9 Å². The standard InChI is InChI=1S/C19H23FN4O2/c1-23(16-7-13-9-18(25)24(2)10-14(13)8-16)11-17-21-22-19(26-17)12-4-3-5-15(20)6-12/h3-6,13-14,16H,7-11H2,1-2H3/t13-,14+,16-/m0/s1. The largest absolute Gasteiger partial charge is 0.419 e. The van der Waals surface area contributed by atoms with Gasteiger partial charge in [-0.05, 0) is 49.9 Å². The molecular weight excluding hydrogens is 335 g/mol. The van der Waals surface area contributed by atoms with Crippen molar-refractivity contribution in [1.82, 2.24) is 20.0 Å². The first kappa shape index (κ1) is 17.1. The van der Waals surface area contributed by atoms with Crippen LogP contribution in [-0.4, -0.2) is 52.6 Å². The maximum atomic E-state index is 13.3. The van der Waals surface area contributed by atoms with E-state index in [1.165, 1.54) is 12.1 Å². The summed E-state index contributed by atoms with van der Waals surface area (Å²) >= 11 is 0. The van der Waals surface area contributed by atoms with Crippen molar-refractivity contribution < 1.29 is 13.6 Å². The van der Waals surface area contributed by atoms with Crippen LogP contribution in [0.2, 0.25) is 0 Å². The number of aromatic nitrogens is 2. The predicted molar refractivity (Wildman–Crippen MR) is 93.4 cm³/mol. The number of rotatable bonds is 4. The second-order valence-electron chi connectivity index (χ2n) is 7.55. The number of hydrogen-bond acceptors (Lipinski definition) is 5. The Morgan fingerprint density at radius 1 is 1.31 bits per heavy atom. The average Bonchev–Trinajstić information content (AvgIpc) is 3.22. The summed E-state index contributed by atoms with van der Waals surface area (Å²) in [5.41, 5.74) is 0.583. The van der Waals surface area contributed by atoms with E-state index in [0.717, 1.165) is 19.4 Å². The summed E-state index contributed by atoms with van der Waals surface area (Å²) in [7, 11) is 3.95. The summed E-state index contributed by atoms with van der Waals surface area (Å²) in [6, 6.07) is 6.55. The molecule has 6 nitrogen and oxygen atoms in total. The molecular formula is C19H23FN4O2. The molecule has 0 spiro atoms. The summed E-state index contributed by atoms with van der Waals surface area (Å²) in [5.74, 6) is 1.85. The van der Waals surface area contributed by atoms with Crippen LogP contribution in [0.15, 0.2) is 28.7 Å². The molecule has 26 heavy (non-hydrogen) atoms. The molecule has 1 amide bonds. The molecule has 4 rings (SSSR count). The quantitative estimate of drug-likeness (QED) is 0.841. The Morgan fingerprint density at radius 3 is 2.92 bits per heavy atom. The maximum absolute atomic E-state index is 13.3. The summed E-state index contributed by atoms with van der Waals surface area (Å²) in [4.78, 5) is 16.0. The third-order valence-electron chi connectivity index (χ3n) is 5.73. The molecule has 2 aliphatic rings. The van der Waals surface area contributed by atoms with E-state index in [9.17, 15) is 9.18 Å². The van der Waals surface area contributed by atoms with Crippen molar-refractivity contribution in [2.24, 2.45) is 11.8 Å². The van der Waals surface area contributed by atoms with Crippen molar-refractivity contribution in [3.8, 4) is 11.5 Å². The van der Waals surface area contributed by atoms with Crippen LogP contribution in [0.1, 0.15) is 25.2 Å². The van der Waals surface area contributed by atoms with Gasteiger partial charge in [0.2, 0.25) is 17.7 Å². The van der Waals surface area contributed by atoms with Crippen LogP contribution in [0, 0.1) is 17.7 Å². The highest BCUT2D eigenvalue weighted by Crippen LogP contribution is 2.40. The normalized spacial score (nSPS) is 25.8.